The highest BCUT2D eigenvalue weighted by Gasteiger charge is 2.37. The van der Waals surface area contributed by atoms with Gasteiger partial charge in [0, 0.05) is 49.3 Å². The van der Waals surface area contributed by atoms with Crippen LogP contribution in [0.1, 0.15) is 66.4 Å². The summed E-state index contributed by atoms with van der Waals surface area (Å²) in [6.45, 7) is 2.08. The Hall–Kier alpha value is -2.36. The van der Waals surface area contributed by atoms with Crippen molar-refractivity contribution >= 4 is 11.8 Å². The topological polar surface area (TPSA) is 87.5 Å². The zero-order valence-corrected chi connectivity index (χ0v) is 16.9. The van der Waals surface area contributed by atoms with Crippen LogP contribution in [0, 0.1) is 11.8 Å². The van der Waals surface area contributed by atoms with Crippen molar-refractivity contribution in [1.82, 2.24) is 15.5 Å². The largest absolute Gasteiger partial charge is 0.354 e. The Labute approximate surface area is 172 Å². The van der Waals surface area contributed by atoms with Crippen molar-refractivity contribution in [3.63, 3.8) is 0 Å². The minimum absolute atomic E-state index is 0.0372. The molecule has 1 aromatic rings. The molecule has 0 spiro atoms. The molecule has 1 atom stereocenters. The number of piperidine rings is 1. The summed E-state index contributed by atoms with van der Waals surface area (Å²) in [5, 5.41) is 6.44. The number of fused-ring (bicyclic) bond motifs is 1. The second-order valence-electron chi connectivity index (χ2n) is 8.37. The van der Waals surface area contributed by atoms with Crippen LogP contribution < -0.4 is 16.4 Å². The van der Waals surface area contributed by atoms with Crippen LogP contribution in [-0.2, 0) is 11.3 Å². The summed E-state index contributed by atoms with van der Waals surface area (Å²) in [6.07, 6.45) is 6.97. The number of hydrogen-bond donors (Lipinski definition) is 3. The van der Waals surface area contributed by atoms with Gasteiger partial charge in [0.25, 0.3) is 5.91 Å². The number of rotatable bonds is 4. The van der Waals surface area contributed by atoms with Gasteiger partial charge in [0.2, 0.25) is 5.91 Å². The standard InChI is InChI=1S/C23H30N4O2/c24-18-7-9-19(10-8-18)25-12-2-1-4-16-6-11-20-17(14-16)15-27(23(20)29)21-5-3-13-26-22(21)28/h6,11,14,18-19,21,25H,2-3,5,7-10,12-13,15,24H2,(H,26,28)/t18-,19+,21?. The molecule has 2 fully saturated rings. The molecule has 0 bridgehead atoms. The first kappa shape index (κ1) is 19.9. The van der Waals surface area contributed by atoms with Crippen LogP contribution in [0.2, 0.25) is 0 Å². The summed E-state index contributed by atoms with van der Waals surface area (Å²) in [5.74, 6) is 6.37. The SMILES string of the molecule is N[C@H]1CC[C@@H](NCCC#Cc2ccc3c(c2)CN(C2CCCNC2=O)C3=O)CC1. The van der Waals surface area contributed by atoms with Gasteiger partial charge in [-0.1, -0.05) is 11.8 Å². The lowest BCUT2D eigenvalue weighted by Gasteiger charge is -2.30. The van der Waals surface area contributed by atoms with Crippen LogP contribution in [0.3, 0.4) is 0 Å². The third-order valence-electron chi connectivity index (χ3n) is 6.26. The quantitative estimate of drug-likeness (QED) is 0.534. The molecule has 6 nitrogen and oxygen atoms in total. The molecule has 1 saturated carbocycles. The molecule has 6 heteroatoms. The molecular formula is C23H30N4O2. The fourth-order valence-corrected chi connectivity index (χ4v) is 4.55. The Balaban J connectivity index is 1.31. The normalized spacial score (nSPS) is 26.5. The van der Waals surface area contributed by atoms with E-state index in [9.17, 15) is 9.59 Å². The number of amides is 2. The molecule has 1 aromatic carbocycles. The summed E-state index contributed by atoms with van der Waals surface area (Å²) in [7, 11) is 0. The Bertz CT molecular complexity index is 833. The molecule has 2 amide bonds. The van der Waals surface area contributed by atoms with Gasteiger partial charge < -0.3 is 21.3 Å². The number of nitrogens with two attached hydrogens (primary N) is 1. The van der Waals surface area contributed by atoms with E-state index in [2.05, 4.69) is 22.5 Å². The van der Waals surface area contributed by atoms with E-state index in [4.69, 9.17) is 5.73 Å². The third-order valence-corrected chi connectivity index (χ3v) is 6.26. The van der Waals surface area contributed by atoms with Gasteiger partial charge in [-0.25, -0.2) is 0 Å². The van der Waals surface area contributed by atoms with Crippen LogP contribution in [0.4, 0.5) is 0 Å². The first-order chi connectivity index (χ1) is 14.1. The van der Waals surface area contributed by atoms with Crippen molar-refractivity contribution < 1.29 is 9.59 Å². The van der Waals surface area contributed by atoms with Crippen LogP contribution in [0.5, 0.6) is 0 Å². The van der Waals surface area contributed by atoms with E-state index in [0.29, 0.717) is 30.7 Å². The molecule has 4 rings (SSSR count). The highest BCUT2D eigenvalue weighted by molar-refractivity contribution is 6.01. The minimum Gasteiger partial charge on any atom is -0.354 e. The van der Waals surface area contributed by atoms with E-state index in [0.717, 1.165) is 62.6 Å². The minimum atomic E-state index is -0.349. The average molecular weight is 395 g/mol. The summed E-state index contributed by atoms with van der Waals surface area (Å²) in [4.78, 5) is 26.6. The number of benzene rings is 1. The summed E-state index contributed by atoms with van der Waals surface area (Å²) in [6, 6.07) is 6.36. The lowest BCUT2D eigenvalue weighted by Crippen LogP contribution is -2.50. The average Bonchev–Trinajstić information content (AvgIpc) is 3.05. The number of nitrogens with zero attached hydrogens (tertiary/aromatic N) is 1. The Morgan fingerprint density at radius 1 is 1.17 bits per heavy atom. The number of nitrogens with one attached hydrogen (secondary N) is 2. The van der Waals surface area contributed by atoms with Crippen molar-refractivity contribution in [2.24, 2.45) is 5.73 Å². The molecule has 1 aliphatic carbocycles. The maximum Gasteiger partial charge on any atom is 0.255 e. The fourth-order valence-electron chi connectivity index (χ4n) is 4.55. The molecule has 0 aromatic heterocycles. The molecular weight excluding hydrogens is 364 g/mol. The highest BCUT2D eigenvalue weighted by Crippen LogP contribution is 2.27. The molecule has 2 heterocycles. The maximum atomic E-state index is 12.7. The number of hydrogen-bond acceptors (Lipinski definition) is 4. The van der Waals surface area contributed by atoms with Gasteiger partial charge in [-0.2, -0.15) is 0 Å². The van der Waals surface area contributed by atoms with Crippen LogP contribution in [0.25, 0.3) is 0 Å². The van der Waals surface area contributed by atoms with Crippen LogP contribution >= 0.6 is 0 Å². The van der Waals surface area contributed by atoms with Crippen molar-refractivity contribution in [1.29, 1.82) is 0 Å². The molecule has 1 saturated heterocycles. The van der Waals surface area contributed by atoms with E-state index in [1.807, 2.05) is 18.2 Å². The number of carbonyl (C=O) groups excluding carboxylic acids is 2. The second-order valence-corrected chi connectivity index (χ2v) is 8.37. The van der Waals surface area contributed by atoms with Gasteiger partial charge in [-0.15, -0.1) is 0 Å². The monoisotopic (exact) mass is 394 g/mol. The van der Waals surface area contributed by atoms with E-state index in [1.54, 1.807) is 4.90 Å². The van der Waals surface area contributed by atoms with E-state index in [1.165, 1.54) is 0 Å². The summed E-state index contributed by atoms with van der Waals surface area (Å²) in [5.41, 5.74) is 8.54. The zero-order chi connectivity index (χ0) is 20.2. The Morgan fingerprint density at radius 2 is 2.00 bits per heavy atom. The third kappa shape index (κ3) is 4.63. The molecule has 0 radical (unpaired) electrons. The van der Waals surface area contributed by atoms with E-state index >= 15 is 0 Å². The second kappa shape index (κ2) is 8.98. The van der Waals surface area contributed by atoms with Crippen molar-refractivity contribution in [3.8, 4) is 11.8 Å². The van der Waals surface area contributed by atoms with Gasteiger partial charge in [0.15, 0.2) is 0 Å². The van der Waals surface area contributed by atoms with Gasteiger partial charge in [0.05, 0.1) is 0 Å². The predicted octanol–water partition coefficient (Wildman–Crippen LogP) is 1.52. The van der Waals surface area contributed by atoms with E-state index < -0.39 is 0 Å². The Morgan fingerprint density at radius 3 is 2.79 bits per heavy atom. The summed E-state index contributed by atoms with van der Waals surface area (Å²) >= 11 is 0. The van der Waals surface area contributed by atoms with Crippen LogP contribution in [0.15, 0.2) is 18.2 Å². The first-order valence-electron chi connectivity index (χ1n) is 10.8. The molecule has 3 aliphatic rings. The van der Waals surface area contributed by atoms with E-state index in [-0.39, 0.29) is 17.9 Å². The van der Waals surface area contributed by atoms with Gasteiger partial charge in [-0.3, -0.25) is 9.59 Å². The fraction of sp³-hybridized carbons (Fsp3) is 0.565. The smallest absolute Gasteiger partial charge is 0.255 e. The molecule has 1 unspecified atom stereocenters. The Kier molecular flexibility index (Phi) is 6.17. The zero-order valence-electron chi connectivity index (χ0n) is 16.9. The molecule has 154 valence electrons. The van der Waals surface area contributed by atoms with Gasteiger partial charge in [-0.05, 0) is 62.3 Å². The lowest BCUT2D eigenvalue weighted by atomic mass is 9.92. The van der Waals surface area contributed by atoms with Gasteiger partial charge >= 0.3 is 0 Å². The lowest BCUT2D eigenvalue weighted by molar-refractivity contribution is -0.127. The number of carbonyl (C=O) groups is 2. The summed E-state index contributed by atoms with van der Waals surface area (Å²) < 4.78 is 0. The molecule has 29 heavy (non-hydrogen) atoms. The highest BCUT2D eigenvalue weighted by atomic mass is 16.2. The molecule has 2 aliphatic heterocycles. The van der Waals surface area contributed by atoms with Gasteiger partial charge in [0.1, 0.15) is 6.04 Å². The predicted molar refractivity (Wildman–Crippen MR) is 112 cm³/mol. The van der Waals surface area contributed by atoms with Crippen molar-refractivity contribution in [2.45, 2.75) is 69.6 Å². The maximum absolute atomic E-state index is 12.7. The van der Waals surface area contributed by atoms with Crippen molar-refractivity contribution in [3.05, 3.63) is 34.9 Å². The molecule has 4 N–H and O–H groups in total. The van der Waals surface area contributed by atoms with Crippen LogP contribution in [-0.4, -0.2) is 47.9 Å². The van der Waals surface area contributed by atoms with Crippen molar-refractivity contribution in [2.75, 3.05) is 13.1 Å². The first-order valence-corrected chi connectivity index (χ1v) is 10.8.